The number of hydrogen-bond acceptors (Lipinski definition) is 2. The van der Waals surface area contributed by atoms with E-state index in [1.807, 2.05) is 24.3 Å². The van der Waals surface area contributed by atoms with E-state index in [0.29, 0.717) is 10.5 Å². The van der Waals surface area contributed by atoms with Crippen LogP contribution in [-0.4, -0.2) is 20.9 Å². The fourth-order valence-electron chi connectivity index (χ4n) is 3.47. The van der Waals surface area contributed by atoms with Crippen LogP contribution >= 0.6 is 0 Å². The molecular weight excluding hydrogens is 356 g/mol. The Labute approximate surface area is 160 Å². The molecule has 0 aliphatic rings. The number of nitrogens with one attached hydrogen (secondary N) is 1. The second kappa shape index (κ2) is 7.00. The van der Waals surface area contributed by atoms with Gasteiger partial charge in [0.1, 0.15) is 0 Å². The van der Waals surface area contributed by atoms with Gasteiger partial charge in [-0.1, -0.05) is 18.2 Å². The molecule has 0 aliphatic heterocycles. The summed E-state index contributed by atoms with van der Waals surface area (Å²) in [6, 6.07) is 21.2. The molecule has 4 aromatic rings. The molecule has 1 aromatic heterocycles. The first kappa shape index (κ1) is 17.5. The maximum absolute atomic E-state index is 12.6. The molecule has 1 amide bonds. The van der Waals surface area contributed by atoms with Crippen molar-refractivity contribution >= 4 is 44.2 Å². The Morgan fingerprint density at radius 1 is 0.963 bits per heavy atom. The van der Waals surface area contributed by atoms with E-state index in [4.69, 9.17) is 0 Å². The van der Waals surface area contributed by atoms with Gasteiger partial charge in [-0.05, 0) is 55.5 Å². The van der Waals surface area contributed by atoms with Crippen molar-refractivity contribution in [1.82, 2.24) is 4.57 Å². The smallest absolute Gasteiger partial charge is 0.255 e. The molecule has 1 atom stereocenters. The van der Waals surface area contributed by atoms with Crippen molar-refractivity contribution in [2.24, 2.45) is 0 Å². The normalized spacial score (nSPS) is 12.4. The van der Waals surface area contributed by atoms with Crippen molar-refractivity contribution in [3.05, 3.63) is 72.3 Å². The number of anilines is 1. The Morgan fingerprint density at radius 2 is 1.67 bits per heavy atom. The third-order valence-corrected chi connectivity index (χ3v) is 5.73. The number of hydrogen-bond donors (Lipinski definition) is 1. The highest BCUT2D eigenvalue weighted by atomic mass is 32.2. The standard InChI is InChI=1S/C22H20N2O2S/c1-3-24-20-7-5-4-6-18(20)19-14-16(10-13-21(19)24)23-22(25)15-8-11-17(12-9-15)27(2)26/h4-14H,3H2,1-2H3,(H,23,25)/t27-/m0/s1. The van der Waals surface area contributed by atoms with Gasteiger partial charge in [0.05, 0.1) is 0 Å². The third kappa shape index (κ3) is 3.15. The number of nitrogens with zero attached hydrogens (tertiary/aromatic N) is 1. The Balaban J connectivity index is 1.69. The van der Waals surface area contributed by atoms with E-state index in [-0.39, 0.29) is 5.91 Å². The van der Waals surface area contributed by atoms with E-state index >= 15 is 0 Å². The van der Waals surface area contributed by atoms with Crippen molar-refractivity contribution < 1.29 is 9.00 Å². The molecule has 0 bridgehead atoms. The van der Waals surface area contributed by atoms with Crippen LogP contribution < -0.4 is 5.32 Å². The number of benzene rings is 3. The number of amides is 1. The van der Waals surface area contributed by atoms with Crippen molar-refractivity contribution in [3.8, 4) is 0 Å². The molecule has 27 heavy (non-hydrogen) atoms. The number of carbonyl (C=O) groups excluding carboxylic acids is 1. The monoisotopic (exact) mass is 376 g/mol. The number of fused-ring (bicyclic) bond motifs is 3. The number of aryl methyl sites for hydroxylation is 1. The van der Waals surface area contributed by atoms with Crippen LogP contribution in [0, 0.1) is 0 Å². The number of aromatic nitrogens is 1. The van der Waals surface area contributed by atoms with Crippen LogP contribution in [-0.2, 0) is 17.3 Å². The first-order valence-electron chi connectivity index (χ1n) is 8.84. The average molecular weight is 376 g/mol. The molecule has 0 unspecified atom stereocenters. The maximum Gasteiger partial charge on any atom is 0.255 e. The van der Waals surface area contributed by atoms with Crippen molar-refractivity contribution in [2.75, 3.05) is 11.6 Å². The van der Waals surface area contributed by atoms with E-state index in [0.717, 1.165) is 23.1 Å². The summed E-state index contributed by atoms with van der Waals surface area (Å²) >= 11 is 0. The quantitative estimate of drug-likeness (QED) is 0.556. The van der Waals surface area contributed by atoms with Gasteiger partial charge in [-0.3, -0.25) is 9.00 Å². The molecule has 1 N–H and O–H groups in total. The van der Waals surface area contributed by atoms with Gasteiger partial charge in [0.15, 0.2) is 0 Å². The molecule has 5 heteroatoms. The first-order valence-corrected chi connectivity index (χ1v) is 10.4. The molecule has 136 valence electrons. The molecule has 0 radical (unpaired) electrons. The van der Waals surface area contributed by atoms with Gasteiger partial charge in [-0.15, -0.1) is 0 Å². The molecule has 3 aromatic carbocycles. The van der Waals surface area contributed by atoms with Gasteiger partial charge in [-0.25, -0.2) is 0 Å². The lowest BCUT2D eigenvalue weighted by molar-refractivity contribution is 0.102. The van der Waals surface area contributed by atoms with Gasteiger partial charge >= 0.3 is 0 Å². The number of carbonyl (C=O) groups is 1. The van der Waals surface area contributed by atoms with E-state index in [1.165, 1.54) is 10.9 Å². The van der Waals surface area contributed by atoms with Gasteiger partial charge in [0, 0.05) is 61.6 Å². The highest BCUT2D eigenvalue weighted by Crippen LogP contribution is 2.31. The number of rotatable bonds is 4. The van der Waals surface area contributed by atoms with Crippen LogP contribution in [0.15, 0.2) is 71.6 Å². The van der Waals surface area contributed by atoms with Crippen LogP contribution in [0.1, 0.15) is 17.3 Å². The fourth-order valence-corrected chi connectivity index (χ4v) is 3.99. The summed E-state index contributed by atoms with van der Waals surface area (Å²) in [6.07, 6.45) is 1.62. The molecule has 0 saturated carbocycles. The van der Waals surface area contributed by atoms with Gasteiger partial charge < -0.3 is 9.88 Å². The van der Waals surface area contributed by atoms with E-state index in [9.17, 15) is 9.00 Å². The summed E-state index contributed by atoms with van der Waals surface area (Å²) < 4.78 is 13.8. The molecule has 0 aliphatic carbocycles. The molecule has 0 saturated heterocycles. The minimum absolute atomic E-state index is 0.179. The lowest BCUT2D eigenvalue weighted by Crippen LogP contribution is -2.11. The topological polar surface area (TPSA) is 51.1 Å². The molecule has 4 rings (SSSR count). The summed E-state index contributed by atoms with van der Waals surface area (Å²) in [4.78, 5) is 13.3. The summed E-state index contributed by atoms with van der Waals surface area (Å²) in [5.74, 6) is -0.179. The van der Waals surface area contributed by atoms with Crippen LogP contribution in [0.25, 0.3) is 21.8 Å². The third-order valence-electron chi connectivity index (χ3n) is 4.79. The zero-order valence-corrected chi connectivity index (χ0v) is 16.0. The van der Waals surface area contributed by atoms with E-state index < -0.39 is 10.8 Å². The van der Waals surface area contributed by atoms with E-state index in [2.05, 4.69) is 35.0 Å². The Kier molecular flexibility index (Phi) is 4.54. The summed E-state index contributed by atoms with van der Waals surface area (Å²) in [5.41, 5.74) is 3.66. The van der Waals surface area contributed by atoms with E-state index in [1.54, 1.807) is 30.5 Å². The summed E-state index contributed by atoms with van der Waals surface area (Å²) in [5, 5.41) is 5.27. The minimum atomic E-state index is -1.05. The van der Waals surface area contributed by atoms with Gasteiger partial charge in [0.2, 0.25) is 0 Å². The largest absolute Gasteiger partial charge is 0.341 e. The zero-order chi connectivity index (χ0) is 19.0. The van der Waals surface area contributed by atoms with Crippen molar-refractivity contribution in [1.29, 1.82) is 0 Å². The first-order chi connectivity index (χ1) is 13.1. The maximum atomic E-state index is 12.6. The van der Waals surface area contributed by atoms with Crippen LogP contribution in [0.2, 0.25) is 0 Å². The van der Waals surface area contributed by atoms with Gasteiger partial charge in [0.25, 0.3) is 5.91 Å². The fraction of sp³-hybridized carbons (Fsp3) is 0.136. The predicted octanol–water partition coefficient (Wildman–Crippen LogP) is 4.80. The zero-order valence-electron chi connectivity index (χ0n) is 15.2. The molecule has 0 fully saturated rings. The highest BCUT2D eigenvalue weighted by Gasteiger charge is 2.12. The van der Waals surface area contributed by atoms with Crippen molar-refractivity contribution in [2.45, 2.75) is 18.4 Å². The average Bonchev–Trinajstić information content (AvgIpc) is 3.01. The highest BCUT2D eigenvalue weighted by molar-refractivity contribution is 7.84. The molecule has 4 nitrogen and oxygen atoms in total. The molecule has 1 heterocycles. The number of para-hydroxylation sites is 1. The lowest BCUT2D eigenvalue weighted by Gasteiger charge is -2.07. The molecule has 0 spiro atoms. The van der Waals surface area contributed by atoms with Crippen LogP contribution in [0.5, 0.6) is 0 Å². The van der Waals surface area contributed by atoms with Crippen LogP contribution in [0.4, 0.5) is 5.69 Å². The van der Waals surface area contributed by atoms with Crippen LogP contribution in [0.3, 0.4) is 0 Å². The van der Waals surface area contributed by atoms with Gasteiger partial charge in [-0.2, -0.15) is 0 Å². The predicted molar refractivity (Wildman–Crippen MR) is 112 cm³/mol. The SMILES string of the molecule is CCn1c2ccccc2c2cc(NC(=O)c3ccc([S@](C)=O)cc3)ccc21. The Bertz CT molecular complexity index is 1180. The second-order valence-corrected chi connectivity index (χ2v) is 7.81. The minimum Gasteiger partial charge on any atom is -0.341 e. The Hall–Kier alpha value is -2.92. The summed E-state index contributed by atoms with van der Waals surface area (Å²) in [7, 11) is -1.05. The Morgan fingerprint density at radius 3 is 2.37 bits per heavy atom. The molecular formula is C22H20N2O2S. The second-order valence-electron chi connectivity index (χ2n) is 6.43. The summed E-state index contributed by atoms with van der Waals surface area (Å²) in [6.45, 7) is 3.02. The lowest BCUT2D eigenvalue weighted by atomic mass is 10.1. The van der Waals surface area contributed by atoms with Crippen molar-refractivity contribution in [3.63, 3.8) is 0 Å².